The van der Waals surface area contributed by atoms with Crippen molar-refractivity contribution in [2.75, 3.05) is 27.2 Å². The minimum absolute atomic E-state index is 0.0238. The molecule has 1 fully saturated rings. The highest BCUT2D eigenvalue weighted by Crippen LogP contribution is 2.25. The first-order valence-corrected chi connectivity index (χ1v) is 9.40. The van der Waals surface area contributed by atoms with Gasteiger partial charge in [0.2, 0.25) is 10.0 Å². The first-order chi connectivity index (χ1) is 11.8. The Morgan fingerprint density at radius 2 is 1.88 bits per heavy atom. The summed E-state index contributed by atoms with van der Waals surface area (Å²) < 4.78 is 36.5. The number of hydrogen-bond acceptors (Lipinski definition) is 6. The fourth-order valence-corrected chi connectivity index (χ4v) is 3.52. The van der Waals surface area contributed by atoms with Crippen molar-refractivity contribution in [1.29, 1.82) is 0 Å². The van der Waals surface area contributed by atoms with Gasteiger partial charge in [0.05, 0.1) is 12.7 Å². The van der Waals surface area contributed by atoms with Gasteiger partial charge in [0.15, 0.2) is 6.10 Å². The molecule has 0 bridgehead atoms. The summed E-state index contributed by atoms with van der Waals surface area (Å²) in [6.45, 7) is 2.83. The van der Waals surface area contributed by atoms with Crippen molar-refractivity contribution in [3.8, 4) is 5.75 Å². The fraction of sp³-hybridized carbons (Fsp3) is 0.500. The van der Waals surface area contributed by atoms with Crippen molar-refractivity contribution in [2.45, 2.75) is 30.8 Å². The molecule has 1 amide bonds. The third kappa shape index (κ3) is 4.29. The minimum Gasteiger partial charge on any atom is -0.495 e. The van der Waals surface area contributed by atoms with Gasteiger partial charge in [0.25, 0.3) is 5.91 Å². The molecule has 1 atom stereocenters. The lowest BCUT2D eigenvalue weighted by molar-refractivity contribution is -0.138. The second-order valence-electron chi connectivity index (χ2n) is 5.65. The van der Waals surface area contributed by atoms with E-state index in [-0.39, 0.29) is 22.1 Å². The van der Waals surface area contributed by atoms with Crippen LogP contribution in [0.2, 0.25) is 0 Å². The van der Waals surface area contributed by atoms with E-state index in [2.05, 4.69) is 4.72 Å². The van der Waals surface area contributed by atoms with Crippen LogP contribution < -0.4 is 9.46 Å². The number of amides is 1. The second kappa shape index (κ2) is 7.83. The van der Waals surface area contributed by atoms with Gasteiger partial charge in [-0.05, 0) is 45.0 Å². The molecule has 1 aromatic rings. The molecule has 1 aliphatic rings. The van der Waals surface area contributed by atoms with Crippen molar-refractivity contribution in [2.24, 2.45) is 0 Å². The predicted octanol–water partition coefficient (Wildman–Crippen LogP) is 0.771. The van der Waals surface area contributed by atoms with Gasteiger partial charge >= 0.3 is 5.97 Å². The molecule has 1 N–H and O–H groups in total. The van der Waals surface area contributed by atoms with Crippen molar-refractivity contribution in [1.82, 2.24) is 9.62 Å². The summed E-state index contributed by atoms with van der Waals surface area (Å²) in [6.07, 6.45) is 0.948. The number of hydrogen-bond donors (Lipinski definition) is 1. The lowest BCUT2D eigenvalue weighted by Gasteiger charge is -2.20. The summed E-state index contributed by atoms with van der Waals surface area (Å²) in [4.78, 5) is 26.0. The Labute approximate surface area is 147 Å². The highest BCUT2D eigenvalue weighted by Gasteiger charge is 2.27. The Kier molecular flexibility index (Phi) is 6.02. The number of carbonyl (C=O) groups excluding carboxylic acids is 2. The molecule has 1 aromatic carbocycles. The van der Waals surface area contributed by atoms with Crippen LogP contribution in [0.5, 0.6) is 5.75 Å². The molecule has 0 unspecified atom stereocenters. The van der Waals surface area contributed by atoms with Crippen LogP contribution in [-0.4, -0.2) is 58.5 Å². The third-order valence-electron chi connectivity index (χ3n) is 4.01. The average molecular weight is 370 g/mol. The van der Waals surface area contributed by atoms with Crippen LogP contribution in [0.15, 0.2) is 23.1 Å². The van der Waals surface area contributed by atoms with Crippen LogP contribution in [0, 0.1) is 0 Å². The second-order valence-corrected chi connectivity index (χ2v) is 7.51. The van der Waals surface area contributed by atoms with E-state index in [4.69, 9.17) is 9.47 Å². The monoisotopic (exact) mass is 370 g/mol. The number of likely N-dealkylation sites (tertiary alicyclic amines) is 1. The molecule has 2 rings (SSSR count). The molecule has 1 saturated heterocycles. The molecule has 1 heterocycles. The van der Waals surface area contributed by atoms with Crippen molar-refractivity contribution < 1.29 is 27.5 Å². The summed E-state index contributed by atoms with van der Waals surface area (Å²) in [6, 6.07) is 3.93. The number of rotatable bonds is 6. The maximum Gasteiger partial charge on any atom is 0.338 e. The third-order valence-corrected chi connectivity index (χ3v) is 5.44. The summed E-state index contributed by atoms with van der Waals surface area (Å²) >= 11 is 0. The van der Waals surface area contributed by atoms with E-state index in [0.717, 1.165) is 12.8 Å². The Balaban J connectivity index is 2.19. The molecule has 0 aliphatic carbocycles. The number of carbonyl (C=O) groups is 2. The van der Waals surface area contributed by atoms with Crippen LogP contribution >= 0.6 is 0 Å². The first-order valence-electron chi connectivity index (χ1n) is 7.91. The Morgan fingerprint density at radius 1 is 1.24 bits per heavy atom. The van der Waals surface area contributed by atoms with Crippen LogP contribution in [0.1, 0.15) is 30.1 Å². The molecule has 0 aromatic heterocycles. The first kappa shape index (κ1) is 19.2. The van der Waals surface area contributed by atoms with E-state index >= 15 is 0 Å². The topological polar surface area (TPSA) is 102 Å². The van der Waals surface area contributed by atoms with Crippen LogP contribution in [0.4, 0.5) is 0 Å². The molecule has 138 valence electrons. The van der Waals surface area contributed by atoms with Crippen molar-refractivity contribution in [3.63, 3.8) is 0 Å². The van der Waals surface area contributed by atoms with E-state index in [1.807, 2.05) is 0 Å². The highest BCUT2D eigenvalue weighted by atomic mass is 32.2. The lowest BCUT2D eigenvalue weighted by atomic mass is 10.2. The van der Waals surface area contributed by atoms with Gasteiger partial charge in [-0.3, -0.25) is 4.79 Å². The molecule has 0 radical (unpaired) electrons. The van der Waals surface area contributed by atoms with E-state index in [0.29, 0.717) is 13.1 Å². The molecular formula is C16H22N2O6S. The van der Waals surface area contributed by atoms with E-state index < -0.39 is 22.1 Å². The highest BCUT2D eigenvalue weighted by molar-refractivity contribution is 7.89. The number of esters is 1. The molecule has 25 heavy (non-hydrogen) atoms. The Bertz CT molecular complexity index is 756. The maximum atomic E-state index is 12.3. The Morgan fingerprint density at radius 3 is 2.44 bits per heavy atom. The smallest absolute Gasteiger partial charge is 0.338 e. The molecule has 8 nitrogen and oxygen atoms in total. The van der Waals surface area contributed by atoms with Crippen LogP contribution in [0.25, 0.3) is 0 Å². The van der Waals surface area contributed by atoms with Crippen molar-refractivity contribution in [3.05, 3.63) is 23.8 Å². The van der Waals surface area contributed by atoms with Gasteiger partial charge in [0.1, 0.15) is 10.6 Å². The number of benzene rings is 1. The molecule has 9 heteroatoms. The zero-order valence-electron chi connectivity index (χ0n) is 14.4. The Hall–Kier alpha value is -2.13. The standard InChI is InChI=1S/C16H22N2O6S/c1-11(15(19)18-8-4-5-9-18)24-16(20)12-6-7-13(23-3)14(10-12)25(21,22)17-2/h6-7,10-11,17H,4-5,8-9H2,1-3H3/t11-/m1/s1. The van der Waals surface area contributed by atoms with Crippen LogP contribution in [-0.2, 0) is 19.6 Å². The fourth-order valence-electron chi connectivity index (χ4n) is 2.60. The van der Waals surface area contributed by atoms with Gasteiger partial charge in [-0.15, -0.1) is 0 Å². The average Bonchev–Trinajstić information content (AvgIpc) is 3.14. The van der Waals surface area contributed by atoms with E-state index in [1.54, 1.807) is 4.90 Å². The number of methoxy groups -OCH3 is 1. The lowest BCUT2D eigenvalue weighted by Crippen LogP contribution is -2.38. The van der Waals surface area contributed by atoms with Crippen LogP contribution in [0.3, 0.4) is 0 Å². The van der Waals surface area contributed by atoms with Gasteiger partial charge in [-0.2, -0.15) is 0 Å². The maximum absolute atomic E-state index is 12.3. The number of sulfonamides is 1. The van der Waals surface area contributed by atoms with Gasteiger partial charge in [0, 0.05) is 13.1 Å². The zero-order chi connectivity index (χ0) is 18.6. The van der Waals surface area contributed by atoms with Gasteiger partial charge in [-0.25, -0.2) is 17.9 Å². The molecule has 0 spiro atoms. The largest absolute Gasteiger partial charge is 0.495 e. The SMILES string of the molecule is CNS(=O)(=O)c1cc(C(=O)O[C@H](C)C(=O)N2CCCC2)ccc1OC. The molecular weight excluding hydrogens is 348 g/mol. The summed E-state index contributed by atoms with van der Waals surface area (Å²) in [7, 11) is -1.22. The molecule has 0 saturated carbocycles. The normalized spacial score (nSPS) is 15.7. The van der Waals surface area contributed by atoms with E-state index in [1.165, 1.54) is 39.3 Å². The quantitative estimate of drug-likeness (QED) is 0.742. The summed E-state index contributed by atoms with van der Waals surface area (Å²) in [5, 5.41) is 0. The van der Waals surface area contributed by atoms with Gasteiger partial charge in [-0.1, -0.05) is 0 Å². The minimum atomic E-state index is -3.81. The summed E-state index contributed by atoms with van der Waals surface area (Å²) in [5.74, 6) is -0.912. The van der Waals surface area contributed by atoms with Crippen molar-refractivity contribution >= 4 is 21.9 Å². The van der Waals surface area contributed by atoms with Gasteiger partial charge < -0.3 is 14.4 Å². The zero-order valence-corrected chi connectivity index (χ0v) is 15.3. The number of ether oxygens (including phenoxy) is 2. The van der Waals surface area contributed by atoms with E-state index in [9.17, 15) is 18.0 Å². The molecule has 1 aliphatic heterocycles. The number of nitrogens with zero attached hydrogens (tertiary/aromatic N) is 1. The predicted molar refractivity (Wildman–Crippen MR) is 89.9 cm³/mol. The number of nitrogens with one attached hydrogen (secondary N) is 1. The summed E-state index contributed by atoms with van der Waals surface area (Å²) in [5.41, 5.74) is 0.0238.